The van der Waals surface area contributed by atoms with Crippen molar-refractivity contribution in [2.75, 3.05) is 19.6 Å². The highest BCUT2D eigenvalue weighted by Crippen LogP contribution is 2.19. The van der Waals surface area contributed by atoms with Gasteiger partial charge in [-0.15, -0.1) is 0 Å². The lowest BCUT2D eigenvalue weighted by Gasteiger charge is -2.16. The van der Waals surface area contributed by atoms with Crippen LogP contribution in [-0.4, -0.2) is 42.8 Å². The molecule has 1 fully saturated rings. The maximum Gasteiger partial charge on any atom is 0.251 e. The van der Waals surface area contributed by atoms with Gasteiger partial charge in [-0.25, -0.2) is 12.8 Å². The molecule has 0 radical (unpaired) electrons. The van der Waals surface area contributed by atoms with Crippen molar-refractivity contribution in [3.05, 3.63) is 64.3 Å². The van der Waals surface area contributed by atoms with Gasteiger partial charge in [0.25, 0.3) is 5.56 Å². The zero-order chi connectivity index (χ0) is 20.1. The van der Waals surface area contributed by atoms with E-state index in [0.29, 0.717) is 25.1 Å². The summed E-state index contributed by atoms with van der Waals surface area (Å²) in [6.45, 7) is 0.815. The van der Waals surface area contributed by atoms with Gasteiger partial charge < -0.3 is 9.88 Å². The van der Waals surface area contributed by atoms with E-state index in [0.717, 1.165) is 23.5 Å². The molecule has 1 aromatic carbocycles. The Kier molecular flexibility index (Phi) is 6.25. The summed E-state index contributed by atoms with van der Waals surface area (Å²) in [4.78, 5) is 24.1. The Morgan fingerprint density at radius 3 is 2.54 bits per heavy atom. The zero-order valence-corrected chi connectivity index (χ0v) is 16.1. The molecule has 1 aliphatic heterocycles. The molecule has 3 rings (SSSR count). The monoisotopic (exact) mass is 407 g/mol. The van der Waals surface area contributed by atoms with Crippen LogP contribution >= 0.6 is 0 Å². The number of nitrogens with one attached hydrogen (secondary N) is 1. The summed E-state index contributed by atoms with van der Waals surface area (Å²) in [5.41, 5.74) is 0.0169. The van der Waals surface area contributed by atoms with E-state index in [1.807, 2.05) is 0 Å². The number of aromatic nitrogens is 1. The van der Waals surface area contributed by atoms with Crippen LogP contribution in [0.2, 0.25) is 0 Å². The summed E-state index contributed by atoms with van der Waals surface area (Å²) in [6.07, 6.45) is 3.13. The van der Waals surface area contributed by atoms with Gasteiger partial charge in [0, 0.05) is 31.9 Å². The van der Waals surface area contributed by atoms with Crippen molar-refractivity contribution in [1.29, 1.82) is 0 Å². The van der Waals surface area contributed by atoms with Gasteiger partial charge in [0.1, 0.15) is 12.4 Å². The standard InChI is InChI=1S/C19H22FN3O4S/c20-17-6-2-1-5-15(17)9-10-21-18(24)14-22-13-16(7-8-19(22)25)28(26,27)23-11-3-4-12-23/h1-2,5-8,13H,3-4,9-12,14H2,(H,21,24). The molecule has 150 valence electrons. The Hall–Kier alpha value is -2.52. The second-order valence-electron chi connectivity index (χ2n) is 6.63. The molecule has 2 heterocycles. The summed E-state index contributed by atoms with van der Waals surface area (Å²) in [7, 11) is -3.67. The van der Waals surface area contributed by atoms with Crippen molar-refractivity contribution in [3.8, 4) is 0 Å². The molecule has 9 heteroatoms. The number of benzene rings is 1. The smallest absolute Gasteiger partial charge is 0.251 e. The fourth-order valence-electron chi connectivity index (χ4n) is 3.11. The van der Waals surface area contributed by atoms with Crippen molar-refractivity contribution in [2.24, 2.45) is 0 Å². The maximum absolute atomic E-state index is 13.6. The first-order valence-corrected chi connectivity index (χ1v) is 10.5. The van der Waals surface area contributed by atoms with Crippen LogP contribution in [-0.2, 0) is 27.8 Å². The summed E-state index contributed by atoms with van der Waals surface area (Å²) >= 11 is 0. The van der Waals surface area contributed by atoms with Crippen molar-refractivity contribution in [3.63, 3.8) is 0 Å². The zero-order valence-electron chi connectivity index (χ0n) is 15.3. The molecular formula is C19H22FN3O4S. The summed E-state index contributed by atoms with van der Waals surface area (Å²) in [6, 6.07) is 8.71. The molecule has 1 saturated heterocycles. The fraction of sp³-hybridized carbons (Fsp3) is 0.368. The number of hydrogen-bond acceptors (Lipinski definition) is 4. The van der Waals surface area contributed by atoms with Crippen molar-refractivity contribution < 1.29 is 17.6 Å². The van der Waals surface area contributed by atoms with Crippen LogP contribution in [0.1, 0.15) is 18.4 Å². The van der Waals surface area contributed by atoms with Crippen LogP contribution < -0.4 is 10.9 Å². The third-order valence-electron chi connectivity index (χ3n) is 4.65. The summed E-state index contributed by atoms with van der Waals surface area (Å²) in [5, 5.41) is 2.62. The number of rotatable bonds is 7. The number of carbonyl (C=O) groups excluding carboxylic acids is 1. The highest BCUT2D eigenvalue weighted by molar-refractivity contribution is 7.89. The maximum atomic E-state index is 13.6. The minimum atomic E-state index is -3.67. The minimum Gasteiger partial charge on any atom is -0.354 e. The first-order valence-electron chi connectivity index (χ1n) is 9.09. The first-order chi connectivity index (χ1) is 13.4. The van der Waals surface area contributed by atoms with E-state index in [4.69, 9.17) is 0 Å². The number of halogens is 1. The number of nitrogens with zero attached hydrogens (tertiary/aromatic N) is 2. The Labute approximate surface area is 162 Å². The molecule has 2 aromatic rings. The van der Waals surface area contributed by atoms with E-state index in [9.17, 15) is 22.4 Å². The predicted molar refractivity (Wildman–Crippen MR) is 102 cm³/mol. The molecule has 28 heavy (non-hydrogen) atoms. The van der Waals surface area contributed by atoms with Crippen LogP contribution in [0, 0.1) is 5.82 Å². The average molecular weight is 407 g/mol. The van der Waals surface area contributed by atoms with Crippen LogP contribution in [0.4, 0.5) is 4.39 Å². The van der Waals surface area contributed by atoms with Gasteiger partial charge in [0.15, 0.2) is 0 Å². The van der Waals surface area contributed by atoms with E-state index in [1.54, 1.807) is 18.2 Å². The number of carbonyl (C=O) groups is 1. The number of pyridine rings is 1. The van der Waals surface area contributed by atoms with Crippen molar-refractivity contribution in [2.45, 2.75) is 30.7 Å². The second-order valence-corrected chi connectivity index (χ2v) is 8.57. The van der Waals surface area contributed by atoms with Crippen LogP contribution in [0.3, 0.4) is 0 Å². The van der Waals surface area contributed by atoms with Crippen molar-refractivity contribution >= 4 is 15.9 Å². The van der Waals surface area contributed by atoms with E-state index < -0.39 is 21.5 Å². The second kappa shape index (κ2) is 8.66. The van der Waals surface area contributed by atoms with E-state index in [2.05, 4.69) is 5.32 Å². The summed E-state index contributed by atoms with van der Waals surface area (Å²) < 4.78 is 41.3. The molecule has 1 aliphatic rings. The number of hydrogen-bond donors (Lipinski definition) is 1. The predicted octanol–water partition coefficient (Wildman–Crippen LogP) is 1.13. The molecule has 0 aliphatic carbocycles. The first kappa shape index (κ1) is 20.2. The molecule has 0 saturated carbocycles. The molecule has 0 spiro atoms. The van der Waals surface area contributed by atoms with Crippen molar-refractivity contribution in [1.82, 2.24) is 14.2 Å². The molecule has 0 unspecified atom stereocenters. The lowest BCUT2D eigenvalue weighted by atomic mass is 10.1. The van der Waals surface area contributed by atoms with E-state index >= 15 is 0 Å². The molecule has 7 nitrogen and oxygen atoms in total. The third kappa shape index (κ3) is 4.66. The SMILES string of the molecule is O=C(Cn1cc(S(=O)(=O)N2CCCC2)ccc1=O)NCCc1ccccc1F. The average Bonchev–Trinajstić information content (AvgIpc) is 3.20. The Morgan fingerprint density at radius 1 is 1.11 bits per heavy atom. The van der Waals surface area contributed by atoms with Gasteiger partial charge in [-0.2, -0.15) is 4.31 Å². The number of sulfonamides is 1. The van der Waals surface area contributed by atoms with Crippen LogP contribution in [0.15, 0.2) is 52.3 Å². The Morgan fingerprint density at radius 2 is 1.82 bits per heavy atom. The highest BCUT2D eigenvalue weighted by Gasteiger charge is 2.27. The minimum absolute atomic E-state index is 0.00634. The molecule has 0 atom stereocenters. The lowest BCUT2D eigenvalue weighted by Crippen LogP contribution is -2.34. The van der Waals surface area contributed by atoms with Gasteiger partial charge in [-0.3, -0.25) is 9.59 Å². The van der Waals surface area contributed by atoms with Gasteiger partial charge >= 0.3 is 0 Å². The normalized spacial score (nSPS) is 14.9. The van der Waals surface area contributed by atoms with E-state index in [-0.39, 0.29) is 23.8 Å². The lowest BCUT2D eigenvalue weighted by molar-refractivity contribution is -0.121. The quantitative estimate of drug-likeness (QED) is 0.745. The van der Waals surface area contributed by atoms with Crippen LogP contribution in [0.25, 0.3) is 0 Å². The topological polar surface area (TPSA) is 88.5 Å². The van der Waals surface area contributed by atoms with E-state index in [1.165, 1.54) is 22.6 Å². The Bertz CT molecular complexity index is 1010. The summed E-state index contributed by atoms with van der Waals surface area (Å²) in [5.74, 6) is -0.790. The van der Waals surface area contributed by atoms with Gasteiger partial charge in [0.2, 0.25) is 15.9 Å². The largest absolute Gasteiger partial charge is 0.354 e. The molecule has 1 amide bonds. The number of amides is 1. The van der Waals surface area contributed by atoms with Gasteiger partial charge in [-0.05, 0) is 37.0 Å². The molecule has 1 N–H and O–H groups in total. The highest BCUT2D eigenvalue weighted by atomic mass is 32.2. The Balaban J connectivity index is 1.64. The molecular weight excluding hydrogens is 385 g/mol. The van der Waals surface area contributed by atoms with Gasteiger partial charge in [0.05, 0.1) is 4.90 Å². The van der Waals surface area contributed by atoms with Crippen LogP contribution in [0.5, 0.6) is 0 Å². The fourth-order valence-corrected chi connectivity index (χ4v) is 4.65. The molecule has 1 aromatic heterocycles. The third-order valence-corrected chi connectivity index (χ3v) is 6.53. The molecule has 0 bridgehead atoms. The van der Waals surface area contributed by atoms with Gasteiger partial charge in [-0.1, -0.05) is 18.2 Å².